The number of benzene rings is 2. The lowest BCUT2D eigenvalue weighted by atomic mass is 10.1. The van der Waals surface area contributed by atoms with Crippen molar-refractivity contribution in [2.45, 2.75) is 20.3 Å². The predicted molar refractivity (Wildman–Crippen MR) is 112 cm³/mol. The summed E-state index contributed by atoms with van der Waals surface area (Å²) < 4.78 is 10.2. The minimum atomic E-state index is -0.623. The van der Waals surface area contributed by atoms with Crippen LogP contribution >= 0.6 is 0 Å². The second-order valence-corrected chi connectivity index (χ2v) is 6.83. The average Bonchev–Trinajstić information content (AvgIpc) is 2.70. The van der Waals surface area contributed by atoms with Crippen LogP contribution in [0.25, 0.3) is 6.08 Å². The summed E-state index contributed by atoms with van der Waals surface area (Å²) in [6, 6.07) is 13.7. The van der Waals surface area contributed by atoms with Crippen LogP contribution in [0.5, 0.6) is 5.75 Å². The highest BCUT2D eigenvalue weighted by atomic mass is 16.5. The molecule has 152 valence electrons. The number of ether oxygens (including phenoxy) is 2. The molecule has 0 unspecified atom stereocenters. The molecule has 0 spiro atoms. The first-order valence-corrected chi connectivity index (χ1v) is 9.30. The van der Waals surface area contributed by atoms with E-state index in [1.807, 2.05) is 26.0 Å². The van der Waals surface area contributed by atoms with Gasteiger partial charge in [-0.15, -0.1) is 0 Å². The minimum absolute atomic E-state index is 0.0742. The number of methoxy groups -OCH3 is 1. The molecular formula is C23H25NO5. The van der Waals surface area contributed by atoms with Crippen molar-refractivity contribution in [3.63, 3.8) is 0 Å². The van der Waals surface area contributed by atoms with Crippen LogP contribution < -0.4 is 10.1 Å². The van der Waals surface area contributed by atoms with E-state index >= 15 is 0 Å². The van der Waals surface area contributed by atoms with Gasteiger partial charge in [-0.2, -0.15) is 0 Å². The molecule has 0 aliphatic carbocycles. The molecule has 0 fully saturated rings. The Bertz CT molecular complexity index is 884. The van der Waals surface area contributed by atoms with E-state index in [4.69, 9.17) is 9.47 Å². The summed E-state index contributed by atoms with van der Waals surface area (Å²) in [5, 5.41) is 2.78. The Morgan fingerprint density at radius 3 is 2.38 bits per heavy atom. The van der Waals surface area contributed by atoms with Crippen molar-refractivity contribution in [3.8, 4) is 5.75 Å². The maximum Gasteiger partial charge on any atom is 0.331 e. The molecule has 2 rings (SSSR count). The van der Waals surface area contributed by atoms with Crippen molar-refractivity contribution in [2.75, 3.05) is 19.0 Å². The molecule has 1 amide bonds. The zero-order valence-corrected chi connectivity index (χ0v) is 16.8. The number of rotatable bonds is 9. The quantitative estimate of drug-likeness (QED) is 0.392. The number of amides is 1. The highest BCUT2D eigenvalue weighted by Gasteiger charge is 2.10. The van der Waals surface area contributed by atoms with Crippen LogP contribution in [0.3, 0.4) is 0 Å². The third kappa shape index (κ3) is 7.25. The van der Waals surface area contributed by atoms with E-state index in [1.54, 1.807) is 49.6 Å². The molecule has 0 heterocycles. The zero-order valence-electron chi connectivity index (χ0n) is 16.8. The summed E-state index contributed by atoms with van der Waals surface area (Å²) in [6.07, 6.45) is 3.25. The Kier molecular flexibility index (Phi) is 8.15. The Labute approximate surface area is 170 Å². The number of nitrogens with one attached hydrogen (secondary N) is 1. The summed E-state index contributed by atoms with van der Waals surface area (Å²) in [5.41, 5.74) is 1.74. The highest BCUT2D eigenvalue weighted by Crippen LogP contribution is 2.18. The fraction of sp³-hybridized carbons (Fsp3) is 0.261. The number of para-hydroxylation sites is 1. The standard InChI is InChI=1S/C23H25NO5/c1-16(2)14-22(26)24-19-11-8-17(9-12-19)20(25)15-29-23(27)13-10-18-6-4-5-7-21(18)28-3/h4-13,16H,14-15H2,1-3H3,(H,24,26)/b13-10+. The first-order valence-electron chi connectivity index (χ1n) is 9.30. The SMILES string of the molecule is COc1ccccc1/C=C/C(=O)OCC(=O)c1ccc(NC(=O)CC(C)C)cc1. The molecule has 0 saturated carbocycles. The van der Waals surface area contributed by atoms with Gasteiger partial charge in [0, 0.05) is 29.3 Å². The largest absolute Gasteiger partial charge is 0.496 e. The molecule has 0 aliphatic rings. The Hall–Kier alpha value is -3.41. The van der Waals surface area contributed by atoms with E-state index in [9.17, 15) is 14.4 Å². The fourth-order valence-corrected chi connectivity index (χ4v) is 2.55. The van der Waals surface area contributed by atoms with Crippen LogP contribution in [-0.4, -0.2) is 31.4 Å². The molecule has 0 aliphatic heterocycles. The van der Waals surface area contributed by atoms with Crippen molar-refractivity contribution >= 4 is 29.4 Å². The maximum atomic E-state index is 12.2. The van der Waals surface area contributed by atoms with Crippen molar-refractivity contribution in [1.82, 2.24) is 0 Å². The van der Waals surface area contributed by atoms with Gasteiger partial charge >= 0.3 is 5.97 Å². The van der Waals surface area contributed by atoms with Crippen molar-refractivity contribution < 1.29 is 23.9 Å². The van der Waals surface area contributed by atoms with Crippen molar-refractivity contribution in [2.24, 2.45) is 5.92 Å². The van der Waals surface area contributed by atoms with Crippen LogP contribution in [0, 0.1) is 5.92 Å². The molecule has 2 aromatic rings. The predicted octanol–water partition coefficient (Wildman–Crippen LogP) is 4.12. The van der Waals surface area contributed by atoms with E-state index < -0.39 is 5.97 Å². The average molecular weight is 395 g/mol. The smallest absolute Gasteiger partial charge is 0.331 e. The molecule has 0 atom stereocenters. The number of carbonyl (C=O) groups is 3. The topological polar surface area (TPSA) is 81.7 Å². The number of hydrogen-bond acceptors (Lipinski definition) is 5. The van der Waals surface area contributed by atoms with E-state index in [0.717, 1.165) is 5.56 Å². The van der Waals surface area contributed by atoms with Gasteiger partial charge in [-0.3, -0.25) is 9.59 Å². The Morgan fingerprint density at radius 1 is 1.03 bits per heavy atom. The van der Waals surface area contributed by atoms with Gasteiger partial charge < -0.3 is 14.8 Å². The molecule has 0 saturated heterocycles. The summed E-state index contributed by atoms with van der Waals surface area (Å²) in [6.45, 7) is 3.57. The number of esters is 1. The zero-order chi connectivity index (χ0) is 21.2. The van der Waals surface area contributed by atoms with Crippen LogP contribution in [0.2, 0.25) is 0 Å². The lowest BCUT2D eigenvalue weighted by Crippen LogP contribution is -2.14. The lowest BCUT2D eigenvalue weighted by molar-refractivity contribution is -0.136. The second-order valence-electron chi connectivity index (χ2n) is 6.83. The number of hydrogen-bond donors (Lipinski definition) is 1. The van der Waals surface area contributed by atoms with Gasteiger partial charge in [-0.25, -0.2) is 4.79 Å². The lowest BCUT2D eigenvalue weighted by Gasteiger charge is -2.08. The summed E-state index contributed by atoms with van der Waals surface area (Å²) in [7, 11) is 1.55. The van der Waals surface area contributed by atoms with Gasteiger partial charge in [0.15, 0.2) is 12.4 Å². The van der Waals surface area contributed by atoms with Crippen molar-refractivity contribution in [1.29, 1.82) is 0 Å². The molecule has 29 heavy (non-hydrogen) atoms. The number of ketones is 1. The van der Waals surface area contributed by atoms with Gasteiger partial charge in [0.25, 0.3) is 0 Å². The number of Topliss-reactive ketones (excluding diaryl/α,β-unsaturated/α-hetero) is 1. The van der Waals surface area contributed by atoms with E-state index in [1.165, 1.54) is 6.08 Å². The first-order chi connectivity index (χ1) is 13.9. The summed E-state index contributed by atoms with van der Waals surface area (Å²) >= 11 is 0. The van der Waals surface area contributed by atoms with E-state index in [0.29, 0.717) is 23.4 Å². The van der Waals surface area contributed by atoms with Crippen molar-refractivity contribution in [3.05, 3.63) is 65.7 Å². The fourth-order valence-electron chi connectivity index (χ4n) is 2.55. The van der Waals surface area contributed by atoms with Gasteiger partial charge in [0.1, 0.15) is 5.75 Å². The normalized spacial score (nSPS) is 10.8. The minimum Gasteiger partial charge on any atom is -0.496 e. The number of anilines is 1. The molecule has 0 radical (unpaired) electrons. The van der Waals surface area contributed by atoms with Crippen LogP contribution in [0.4, 0.5) is 5.69 Å². The molecule has 2 aromatic carbocycles. The van der Waals surface area contributed by atoms with Crippen LogP contribution in [0.15, 0.2) is 54.6 Å². The van der Waals surface area contributed by atoms with Gasteiger partial charge in [0.2, 0.25) is 5.91 Å². The Balaban J connectivity index is 1.86. The van der Waals surface area contributed by atoms with Crippen LogP contribution in [-0.2, 0) is 14.3 Å². The molecule has 0 aromatic heterocycles. The summed E-state index contributed by atoms with van der Waals surface area (Å²) in [5.74, 6) is -0.128. The molecular weight excluding hydrogens is 370 g/mol. The van der Waals surface area contributed by atoms with Gasteiger partial charge in [-0.1, -0.05) is 32.0 Å². The van der Waals surface area contributed by atoms with Crippen LogP contribution in [0.1, 0.15) is 36.2 Å². The molecule has 6 nitrogen and oxygen atoms in total. The summed E-state index contributed by atoms with van der Waals surface area (Å²) in [4.78, 5) is 35.8. The highest BCUT2D eigenvalue weighted by molar-refractivity contribution is 5.99. The van der Waals surface area contributed by atoms with E-state index in [-0.39, 0.29) is 24.2 Å². The monoisotopic (exact) mass is 395 g/mol. The Morgan fingerprint density at radius 2 is 1.72 bits per heavy atom. The van der Waals surface area contributed by atoms with Gasteiger partial charge in [0.05, 0.1) is 7.11 Å². The second kappa shape index (κ2) is 10.8. The van der Waals surface area contributed by atoms with Gasteiger partial charge in [-0.05, 0) is 42.3 Å². The number of carbonyl (C=O) groups excluding carboxylic acids is 3. The third-order valence-electron chi connectivity index (χ3n) is 3.97. The molecule has 0 bridgehead atoms. The first kappa shape index (κ1) is 21.9. The molecule has 1 N–H and O–H groups in total. The molecule has 6 heteroatoms. The maximum absolute atomic E-state index is 12.2. The third-order valence-corrected chi connectivity index (χ3v) is 3.97. The van der Waals surface area contributed by atoms with E-state index in [2.05, 4.69) is 5.32 Å².